The van der Waals surface area contributed by atoms with E-state index in [1.807, 2.05) is 24.3 Å². The van der Waals surface area contributed by atoms with Gasteiger partial charge < -0.3 is 9.47 Å². The molecule has 0 radical (unpaired) electrons. The molecule has 0 bridgehead atoms. The number of ether oxygens (including phenoxy) is 2. The summed E-state index contributed by atoms with van der Waals surface area (Å²) in [6.45, 7) is 3.73. The maximum atomic E-state index is 10.9. The molecule has 0 aliphatic heterocycles. The van der Waals surface area contributed by atoms with Crippen LogP contribution in [0.2, 0.25) is 0 Å². The van der Waals surface area contributed by atoms with Gasteiger partial charge in [0, 0.05) is 0 Å². The van der Waals surface area contributed by atoms with Gasteiger partial charge in [-0.25, -0.2) is 0 Å². The predicted molar refractivity (Wildman–Crippen MR) is 57.9 cm³/mol. The molecule has 1 aromatic rings. The molecule has 15 heavy (non-hydrogen) atoms. The summed E-state index contributed by atoms with van der Waals surface area (Å²) in [5.41, 5.74) is 1.03. The van der Waals surface area contributed by atoms with Crippen molar-refractivity contribution in [3.63, 3.8) is 0 Å². The smallest absolute Gasteiger partial charge is 0.158 e. The van der Waals surface area contributed by atoms with Crippen molar-refractivity contribution in [3.8, 4) is 5.75 Å². The molecule has 0 heterocycles. The van der Waals surface area contributed by atoms with E-state index in [1.165, 1.54) is 6.92 Å². The minimum Gasteiger partial charge on any atom is -0.497 e. The molecule has 0 amide bonds. The van der Waals surface area contributed by atoms with Crippen LogP contribution in [-0.2, 0) is 16.1 Å². The van der Waals surface area contributed by atoms with Crippen LogP contribution in [0.5, 0.6) is 5.75 Å². The lowest BCUT2D eigenvalue weighted by atomic mass is 10.2. The third-order valence-corrected chi connectivity index (χ3v) is 2.23. The average molecular weight is 208 g/mol. The molecule has 0 aromatic heterocycles. The largest absolute Gasteiger partial charge is 0.497 e. The fourth-order valence-electron chi connectivity index (χ4n) is 1.06. The van der Waals surface area contributed by atoms with Crippen LogP contribution in [0.4, 0.5) is 0 Å². The van der Waals surface area contributed by atoms with E-state index >= 15 is 0 Å². The number of rotatable bonds is 5. The van der Waals surface area contributed by atoms with Crippen LogP contribution in [0.3, 0.4) is 0 Å². The number of ketones is 1. The topological polar surface area (TPSA) is 35.5 Å². The first-order chi connectivity index (χ1) is 7.13. The van der Waals surface area contributed by atoms with Crippen molar-refractivity contribution in [2.75, 3.05) is 7.11 Å². The molecule has 0 aliphatic carbocycles. The number of Topliss-reactive ketones (excluding diaryl/α,β-unsaturated/α-hetero) is 1. The van der Waals surface area contributed by atoms with E-state index in [9.17, 15) is 4.79 Å². The molecule has 1 aromatic carbocycles. The van der Waals surface area contributed by atoms with Gasteiger partial charge in [-0.1, -0.05) is 12.1 Å². The third kappa shape index (κ3) is 3.72. The summed E-state index contributed by atoms with van der Waals surface area (Å²) in [5.74, 6) is 0.863. The van der Waals surface area contributed by atoms with E-state index in [1.54, 1.807) is 14.0 Å². The maximum absolute atomic E-state index is 10.9. The molecular formula is C12H16O3. The number of methoxy groups -OCH3 is 1. The number of hydrogen-bond acceptors (Lipinski definition) is 3. The lowest BCUT2D eigenvalue weighted by molar-refractivity contribution is -0.127. The van der Waals surface area contributed by atoms with E-state index in [0.717, 1.165) is 11.3 Å². The van der Waals surface area contributed by atoms with Crippen LogP contribution in [0, 0.1) is 0 Å². The van der Waals surface area contributed by atoms with Gasteiger partial charge in [0.2, 0.25) is 0 Å². The summed E-state index contributed by atoms with van der Waals surface area (Å²) in [7, 11) is 1.63. The molecule has 1 rings (SSSR count). The fraction of sp³-hybridized carbons (Fsp3) is 0.417. The van der Waals surface area contributed by atoms with Crippen LogP contribution < -0.4 is 4.74 Å². The minimum absolute atomic E-state index is 0.0449. The third-order valence-electron chi connectivity index (χ3n) is 2.23. The maximum Gasteiger partial charge on any atom is 0.158 e. The van der Waals surface area contributed by atoms with Crippen LogP contribution in [0.15, 0.2) is 24.3 Å². The second-order valence-corrected chi connectivity index (χ2v) is 3.41. The van der Waals surface area contributed by atoms with Crippen LogP contribution in [-0.4, -0.2) is 19.0 Å². The predicted octanol–water partition coefficient (Wildman–Crippen LogP) is 2.19. The standard InChI is InChI=1S/C12H16O3/c1-9(13)10(2)15-8-11-4-6-12(14-3)7-5-11/h4-7,10H,8H2,1-3H3/t10-/m0/s1. The highest BCUT2D eigenvalue weighted by Gasteiger charge is 2.07. The van der Waals surface area contributed by atoms with Crippen LogP contribution >= 0.6 is 0 Å². The first-order valence-electron chi connectivity index (χ1n) is 4.88. The highest BCUT2D eigenvalue weighted by Crippen LogP contribution is 2.12. The second-order valence-electron chi connectivity index (χ2n) is 3.41. The molecule has 3 nitrogen and oxygen atoms in total. The SMILES string of the molecule is COc1ccc(CO[C@@H](C)C(C)=O)cc1. The van der Waals surface area contributed by atoms with E-state index in [2.05, 4.69) is 0 Å². The summed E-state index contributed by atoms with van der Waals surface area (Å²) >= 11 is 0. The van der Waals surface area contributed by atoms with Gasteiger partial charge in [-0.3, -0.25) is 4.79 Å². The monoisotopic (exact) mass is 208 g/mol. The summed E-state index contributed by atoms with van der Waals surface area (Å²) in [6.07, 6.45) is -0.341. The molecule has 0 unspecified atom stereocenters. The summed E-state index contributed by atoms with van der Waals surface area (Å²) in [5, 5.41) is 0. The summed E-state index contributed by atoms with van der Waals surface area (Å²) in [6, 6.07) is 7.59. The molecule has 0 aliphatic rings. The van der Waals surface area contributed by atoms with Crippen LogP contribution in [0.25, 0.3) is 0 Å². The van der Waals surface area contributed by atoms with Crippen LogP contribution in [0.1, 0.15) is 19.4 Å². The Bertz CT molecular complexity index is 316. The first kappa shape index (κ1) is 11.7. The Balaban J connectivity index is 2.47. The molecule has 0 saturated carbocycles. The van der Waals surface area contributed by atoms with Crippen molar-refractivity contribution in [1.82, 2.24) is 0 Å². The zero-order chi connectivity index (χ0) is 11.3. The highest BCUT2D eigenvalue weighted by atomic mass is 16.5. The number of carbonyl (C=O) groups excluding carboxylic acids is 1. The van der Waals surface area contributed by atoms with Gasteiger partial charge in [-0.15, -0.1) is 0 Å². The van der Waals surface area contributed by atoms with Crippen molar-refractivity contribution < 1.29 is 14.3 Å². The molecule has 1 atom stereocenters. The Hall–Kier alpha value is -1.35. The van der Waals surface area contributed by atoms with Crippen molar-refractivity contribution in [2.45, 2.75) is 26.6 Å². The molecule has 0 spiro atoms. The molecular weight excluding hydrogens is 192 g/mol. The van der Waals surface area contributed by atoms with Gasteiger partial charge in [-0.05, 0) is 31.5 Å². The Morgan fingerprint density at radius 3 is 2.40 bits per heavy atom. The minimum atomic E-state index is -0.341. The normalized spacial score (nSPS) is 12.2. The lowest BCUT2D eigenvalue weighted by Gasteiger charge is -2.09. The van der Waals surface area contributed by atoms with Crippen molar-refractivity contribution in [3.05, 3.63) is 29.8 Å². The van der Waals surface area contributed by atoms with E-state index < -0.39 is 0 Å². The molecule has 0 fully saturated rings. The number of hydrogen-bond donors (Lipinski definition) is 0. The quantitative estimate of drug-likeness (QED) is 0.744. The van der Waals surface area contributed by atoms with Crippen molar-refractivity contribution in [2.24, 2.45) is 0 Å². The molecule has 3 heteroatoms. The Kier molecular flexibility index (Phi) is 4.31. The summed E-state index contributed by atoms with van der Waals surface area (Å²) < 4.78 is 10.4. The highest BCUT2D eigenvalue weighted by molar-refractivity contribution is 5.79. The van der Waals surface area contributed by atoms with Crippen molar-refractivity contribution >= 4 is 5.78 Å². The molecule has 82 valence electrons. The average Bonchev–Trinajstić information content (AvgIpc) is 2.26. The molecule has 0 N–H and O–H groups in total. The van der Waals surface area contributed by atoms with Gasteiger partial charge in [0.1, 0.15) is 11.9 Å². The first-order valence-corrected chi connectivity index (χ1v) is 4.88. The Labute approximate surface area is 90.0 Å². The van der Waals surface area contributed by atoms with Gasteiger partial charge in [0.15, 0.2) is 5.78 Å². The van der Waals surface area contributed by atoms with E-state index in [0.29, 0.717) is 6.61 Å². The van der Waals surface area contributed by atoms with Gasteiger partial charge in [0.25, 0.3) is 0 Å². The molecule has 0 saturated heterocycles. The number of benzene rings is 1. The van der Waals surface area contributed by atoms with Crippen molar-refractivity contribution in [1.29, 1.82) is 0 Å². The fourth-order valence-corrected chi connectivity index (χ4v) is 1.06. The van der Waals surface area contributed by atoms with E-state index in [-0.39, 0.29) is 11.9 Å². The lowest BCUT2D eigenvalue weighted by Crippen LogP contribution is -2.17. The Morgan fingerprint density at radius 2 is 1.93 bits per heavy atom. The summed E-state index contributed by atoms with van der Waals surface area (Å²) in [4.78, 5) is 10.9. The van der Waals surface area contributed by atoms with E-state index in [4.69, 9.17) is 9.47 Å². The van der Waals surface area contributed by atoms with Gasteiger partial charge in [0.05, 0.1) is 13.7 Å². The van der Waals surface area contributed by atoms with Gasteiger partial charge in [-0.2, -0.15) is 0 Å². The number of carbonyl (C=O) groups is 1. The zero-order valence-electron chi connectivity index (χ0n) is 9.32. The zero-order valence-corrected chi connectivity index (χ0v) is 9.32. The second kappa shape index (κ2) is 5.51. The van der Waals surface area contributed by atoms with Gasteiger partial charge >= 0.3 is 0 Å². The Morgan fingerprint density at radius 1 is 1.33 bits per heavy atom.